The van der Waals surface area contributed by atoms with Gasteiger partial charge in [0.25, 0.3) is 0 Å². The SMILES string of the molecule is CC(C)(C)CN1CC(C)(C)c2cc(B(O)O)ccc2S1(=O)=O. The van der Waals surface area contributed by atoms with E-state index < -0.39 is 22.6 Å². The quantitative estimate of drug-likeness (QED) is 0.785. The first kappa shape index (κ1) is 17.5. The summed E-state index contributed by atoms with van der Waals surface area (Å²) in [6.45, 7) is 10.8. The summed E-state index contributed by atoms with van der Waals surface area (Å²) in [5.74, 6) is 0. The lowest BCUT2D eigenvalue weighted by molar-refractivity contribution is 0.239. The van der Waals surface area contributed by atoms with E-state index >= 15 is 0 Å². The molecular weight excluding hydrogens is 301 g/mol. The van der Waals surface area contributed by atoms with Gasteiger partial charge >= 0.3 is 7.12 Å². The third-order valence-electron chi connectivity index (χ3n) is 3.87. The van der Waals surface area contributed by atoms with Crippen LogP contribution in [0.2, 0.25) is 0 Å². The van der Waals surface area contributed by atoms with Gasteiger partial charge in [0.15, 0.2) is 0 Å². The van der Waals surface area contributed by atoms with Crippen LogP contribution in [0.5, 0.6) is 0 Å². The minimum atomic E-state index is -3.56. The summed E-state index contributed by atoms with van der Waals surface area (Å²) >= 11 is 0. The number of hydrogen-bond acceptors (Lipinski definition) is 4. The predicted octanol–water partition coefficient (Wildman–Crippen LogP) is 0.694. The van der Waals surface area contributed by atoms with E-state index in [4.69, 9.17) is 0 Å². The molecule has 122 valence electrons. The topological polar surface area (TPSA) is 77.8 Å². The fraction of sp³-hybridized carbons (Fsp3) is 0.600. The Bertz CT molecular complexity index is 677. The fourth-order valence-corrected chi connectivity index (χ4v) is 5.06. The normalized spacial score (nSPS) is 20.5. The van der Waals surface area contributed by atoms with Crippen molar-refractivity contribution in [3.63, 3.8) is 0 Å². The lowest BCUT2D eigenvalue weighted by Gasteiger charge is -2.41. The summed E-state index contributed by atoms with van der Waals surface area (Å²) < 4.78 is 27.2. The fourth-order valence-electron chi connectivity index (χ4n) is 2.88. The summed E-state index contributed by atoms with van der Waals surface area (Å²) in [6, 6.07) is 4.53. The van der Waals surface area contributed by atoms with Crippen molar-refractivity contribution in [2.24, 2.45) is 5.41 Å². The number of benzene rings is 1. The Morgan fingerprint density at radius 2 is 1.86 bits per heavy atom. The van der Waals surface area contributed by atoms with E-state index in [2.05, 4.69) is 0 Å². The number of hydrogen-bond donors (Lipinski definition) is 2. The summed E-state index contributed by atoms with van der Waals surface area (Å²) in [4.78, 5) is 0.261. The average molecular weight is 325 g/mol. The molecule has 0 aliphatic carbocycles. The van der Waals surface area contributed by atoms with Crippen LogP contribution in [0.3, 0.4) is 0 Å². The highest BCUT2D eigenvalue weighted by molar-refractivity contribution is 7.89. The van der Waals surface area contributed by atoms with Gasteiger partial charge in [0.05, 0.1) is 4.90 Å². The number of nitrogens with zero attached hydrogens (tertiary/aromatic N) is 1. The Balaban J connectivity index is 2.58. The lowest BCUT2D eigenvalue weighted by atomic mass is 9.75. The van der Waals surface area contributed by atoms with E-state index in [9.17, 15) is 18.5 Å². The van der Waals surface area contributed by atoms with Gasteiger partial charge in [-0.05, 0) is 22.5 Å². The van der Waals surface area contributed by atoms with Crippen LogP contribution in [0.4, 0.5) is 0 Å². The molecule has 0 amide bonds. The summed E-state index contributed by atoms with van der Waals surface area (Å²) in [7, 11) is -5.16. The van der Waals surface area contributed by atoms with Gasteiger partial charge in [-0.3, -0.25) is 0 Å². The van der Waals surface area contributed by atoms with Gasteiger partial charge in [-0.25, -0.2) is 8.42 Å². The zero-order valence-electron chi connectivity index (χ0n) is 13.8. The van der Waals surface area contributed by atoms with Crippen molar-refractivity contribution in [2.45, 2.75) is 44.9 Å². The monoisotopic (exact) mass is 325 g/mol. The van der Waals surface area contributed by atoms with Gasteiger partial charge in [0, 0.05) is 18.5 Å². The van der Waals surface area contributed by atoms with Crippen LogP contribution in [0.1, 0.15) is 40.2 Å². The average Bonchev–Trinajstić information content (AvgIpc) is 2.34. The van der Waals surface area contributed by atoms with Crippen LogP contribution >= 0.6 is 0 Å². The lowest BCUT2D eigenvalue weighted by Crippen LogP contribution is -2.49. The molecule has 0 unspecified atom stereocenters. The number of rotatable bonds is 2. The molecule has 22 heavy (non-hydrogen) atoms. The predicted molar refractivity (Wildman–Crippen MR) is 87.5 cm³/mol. The first-order chi connectivity index (χ1) is 9.84. The minimum Gasteiger partial charge on any atom is -0.423 e. The highest BCUT2D eigenvalue weighted by Gasteiger charge is 2.42. The largest absolute Gasteiger partial charge is 0.488 e. The Morgan fingerprint density at radius 1 is 1.27 bits per heavy atom. The maximum atomic E-state index is 12.9. The first-order valence-corrected chi connectivity index (χ1v) is 8.79. The third kappa shape index (κ3) is 3.22. The molecule has 0 saturated heterocycles. The highest BCUT2D eigenvalue weighted by atomic mass is 32.2. The van der Waals surface area contributed by atoms with Crippen molar-refractivity contribution >= 4 is 22.6 Å². The molecule has 0 aromatic heterocycles. The second-order valence-corrected chi connectivity index (χ2v) is 9.75. The molecule has 0 radical (unpaired) electrons. The van der Waals surface area contributed by atoms with Crippen LogP contribution in [-0.4, -0.2) is 43.0 Å². The Hall–Kier alpha value is -0.885. The van der Waals surface area contributed by atoms with Gasteiger partial charge in [0.2, 0.25) is 10.0 Å². The van der Waals surface area contributed by atoms with Crippen molar-refractivity contribution < 1.29 is 18.5 Å². The first-order valence-electron chi connectivity index (χ1n) is 7.35. The molecule has 0 saturated carbocycles. The summed E-state index contributed by atoms with van der Waals surface area (Å²) in [6.07, 6.45) is 0. The molecule has 5 nitrogen and oxygen atoms in total. The van der Waals surface area contributed by atoms with E-state index in [-0.39, 0.29) is 10.3 Å². The van der Waals surface area contributed by atoms with E-state index in [1.165, 1.54) is 16.4 Å². The molecule has 0 spiro atoms. The van der Waals surface area contributed by atoms with E-state index in [0.717, 1.165) is 0 Å². The molecule has 1 aliphatic heterocycles. The molecule has 1 aliphatic rings. The molecular formula is C15H24BNO4S. The molecule has 7 heteroatoms. The van der Waals surface area contributed by atoms with Crippen molar-refractivity contribution in [3.05, 3.63) is 23.8 Å². The van der Waals surface area contributed by atoms with Crippen molar-refractivity contribution in [2.75, 3.05) is 13.1 Å². The maximum absolute atomic E-state index is 12.9. The van der Waals surface area contributed by atoms with E-state index in [1.807, 2.05) is 34.6 Å². The zero-order valence-corrected chi connectivity index (χ0v) is 14.6. The maximum Gasteiger partial charge on any atom is 0.488 e. The number of fused-ring (bicyclic) bond motifs is 1. The molecule has 0 bridgehead atoms. The van der Waals surface area contributed by atoms with Crippen LogP contribution in [0.15, 0.2) is 23.1 Å². The molecule has 0 fully saturated rings. The number of sulfonamides is 1. The zero-order chi connectivity index (χ0) is 16.9. The highest BCUT2D eigenvalue weighted by Crippen LogP contribution is 2.38. The molecule has 0 atom stereocenters. The Labute approximate surface area is 133 Å². The molecule has 2 N–H and O–H groups in total. The molecule has 1 aromatic carbocycles. The van der Waals surface area contributed by atoms with E-state index in [1.54, 1.807) is 6.07 Å². The Kier molecular flexibility index (Phi) is 4.24. The van der Waals surface area contributed by atoms with Crippen LogP contribution in [-0.2, 0) is 15.4 Å². The van der Waals surface area contributed by atoms with Crippen LogP contribution in [0, 0.1) is 5.41 Å². The van der Waals surface area contributed by atoms with Crippen molar-refractivity contribution in [1.82, 2.24) is 4.31 Å². The molecule has 1 aromatic rings. The van der Waals surface area contributed by atoms with Crippen molar-refractivity contribution in [3.8, 4) is 0 Å². The van der Waals surface area contributed by atoms with Gasteiger partial charge in [-0.1, -0.05) is 46.8 Å². The van der Waals surface area contributed by atoms with Gasteiger partial charge < -0.3 is 10.0 Å². The van der Waals surface area contributed by atoms with Gasteiger partial charge in [0.1, 0.15) is 0 Å². The van der Waals surface area contributed by atoms with Gasteiger partial charge in [-0.15, -0.1) is 0 Å². The van der Waals surface area contributed by atoms with E-state index in [0.29, 0.717) is 24.1 Å². The van der Waals surface area contributed by atoms with Crippen molar-refractivity contribution in [1.29, 1.82) is 0 Å². The molecule has 2 rings (SSSR count). The third-order valence-corrected chi connectivity index (χ3v) is 5.72. The smallest absolute Gasteiger partial charge is 0.423 e. The Morgan fingerprint density at radius 3 is 2.36 bits per heavy atom. The minimum absolute atomic E-state index is 0.137. The standard InChI is InChI=1S/C15H24BNO4S/c1-14(2,3)9-17-10-15(4,5)12-8-11(16(18)19)6-7-13(12)22(17,20)21/h6-8,18-19H,9-10H2,1-5H3. The van der Waals surface area contributed by atoms with Crippen LogP contribution in [0.25, 0.3) is 0 Å². The second-order valence-electron chi connectivity index (χ2n) is 7.85. The summed E-state index contributed by atoms with van der Waals surface area (Å²) in [5, 5.41) is 18.7. The van der Waals surface area contributed by atoms with Gasteiger partial charge in [-0.2, -0.15) is 4.31 Å². The molecule has 1 heterocycles. The summed E-state index contributed by atoms with van der Waals surface area (Å²) in [5.41, 5.74) is 0.424. The van der Waals surface area contributed by atoms with Crippen LogP contribution < -0.4 is 5.46 Å². The second kappa shape index (κ2) is 5.34.